The van der Waals surface area contributed by atoms with Crippen LogP contribution in [0, 0.1) is 0 Å². The summed E-state index contributed by atoms with van der Waals surface area (Å²) in [6.45, 7) is 0.845. The van der Waals surface area contributed by atoms with Crippen molar-refractivity contribution < 1.29 is 23.4 Å². The van der Waals surface area contributed by atoms with Crippen molar-refractivity contribution in [1.82, 2.24) is 10.3 Å². The van der Waals surface area contributed by atoms with E-state index in [1.165, 1.54) is 7.11 Å². The molecule has 0 aliphatic carbocycles. The number of aromatic nitrogens is 1. The van der Waals surface area contributed by atoms with E-state index in [2.05, 4.69) is 10.3 Å². The predicted molar refractivity (Wildman–Crippen MR) is 152 cm³/mol. The average Bonchev–Trinajstić information content (AvgIpc) is 3.59. The van der Waals surface area contributed by atoms with Gasteiger partial charge in [0.05, 0.1) is 36.0 Å². The van der Waals surface area contributed by atoms with Gasteiger partial charge in [-0.05, 0) is 66.8 Å². The largest absolute Gasteiger partial charge is 0.490 e. The van der Waals surface area contributed by atoms with Crippen molar-refractivity contribution in [1.29, 1.82) is 0 Å². The zero-order valence-electron chi connectivity index (χ0n) is 21.3. The number of furan rings is 1. The Bertz CT molecular complexity index is 1460. The molecule has 5 rings (SSSR count). The number of carbonyl (C=O) groups is 1. The van der Waals surface area contributed by atoms with Gasteiger partial charge in [-0.15, -0.1) is 0 Å². The summed E-state index contributed by atoms with van der Waals surface area (Å²) < 4.78 is 22.0. The summed E-state index contributed by atoms with van der Waals surface area (Å²) in [5.41, 5.74) is 2.88. The van der Waals surface area contributed by atoms with E-state index < -0.39 is 5.97 Å². The molecule has 39 heavy (non-hydrogen) atoms. The highest BCUT2D eigenvalue weighted by Gasteiger charge is 2.42. The van der Waals surface area contributed by atoms with Gasteiger partial charge < -0.3 is 28.8 Å². The summed E-state index contributed by atoms with van der Waals surface area (Å²) in [5, 5.41) is 4.38. The van der Waals surface area contributed by atoms with Crippen LogP contribution in [0.2, 0.25) is 5.02 Å². The lowest BCUT2D eigenvalue weighted by molar-refractivity contribution is 0.0600. The SMILES string of the molecule is COCCOc1ccc(N2C(=S)N[C@H](c3ccccn3)[C@H]2c2ccc(-c3ccc(C(=O)OC)cc3)o2)cc1Cl. The van der Waals surface area contributed by atoms with Gasteiger partial charge >= 0.3 is 5.97 Å². The van der Waals surface area contributed by atoms with E-state index in [1.807, 2.05) is 65.6 Å². The van der Waals surface area contributed by atoms with Gasteiger partial charge in [0.25, 0.3) is 0 Å². The number of methoxy groups -OCH3 is 2. The highest BCUT2D eigenvalue weighted by molar-refractivity contribution is 7.80. The average molecular weight is 564 g/mol. The minimum Gasteiger partial charge on any atom is -0.490 e. The number of anilines is 1. The highest BCUT2D eigenvalue weighted by Crippen LogP contribution is 2.44. The zero-order valence-corrected chi connectivity index (χ0v) is 22.9. The molecule has 3 heterocycles. The minimum absolute atomic E-state index is 0.282. The third-order valence-electron chi connectivity index (χ3n) is 6.35. The predicted octanol–water partition coefficient (Wildman–Crippen LogP) is 5.98. The molecular weight excluding hydrogens is 538 g/mol. The molecule has 2 atom stereocenters. The van der Waals surface area contributed by atoms with Crippen molar-refractivity contribution in [2.24, 2.45) is 0 Å². The van der Waals surface area contributed by atoms with E-state index in [-0.39, 0.29) is 12.1 Å². The van der Waals surface area contributed by atoms with E-state index in [0.29, 0.717) is 46.2 Å². The third kappa shape index (κ3) is 5.61. The zero-order chi connectivity index (χ0) is 27.4. The number of rotatable bonds is 9. The summed E-state index contributed by atoms with van der Waals surface area (Å²) in [5.74, 6) is 1.50. The molecule has 4 aromatic rings. The first-order chi connectivity index (χ1) is 19.0. The molecular formula is C29H26ClN3O5S. The number of nitrogens with one attached hydrogen (secondary N) is 1. The van der Waals surface area contributed by atoms with Crippen molar-refractivity contribution in [3.63, 3.8) is 0 Å². The van der Waals surface area contributed by atoms with Gasteiger partial charge in [-0.3, -0.25) is 4.98 Å². The summed E-state index contributed by atoms with van der Waals surface area (Å²) >= 11 is 12.4. The molecule has 0 saturated carbocycles. The number of hydrogen-bond acceptors (Lipinski definition) is 7. The molecule has 0 spiro atoms. The monoisotopic (exact) mass is 563 g/mol. The number of pyridine rings is 1. The number of ether oxygens (including phenoxy) is 3. The van der Waals surface area contributed by atoms with E-state index in [4.69, 9.17) is 42.4 Å². The molecule has 2 aromatic heterocycles. The van der Waals surface area contributed by atoms with Crippen molar-refractivity contribution in [2.75, 3.05) is 32.3 Å². The van der Waals surface area contributed by atoms with Crippen LogP contribution >= 0.6 is 23.8 Å². The van der Waals surface area contributed by atoms with Crippen molar-refractivity contribution in [2.45, 2.75) is 12.1 Å². The van der Waals surface area contributed by atoms with Gasteiger partial charge in [0.2, 0.25) is 0 Å². The van der Waals surface area contributed by atoms with Gasteiger partial charge in [0, 0.05) is 24.6 Å². The topological polar surface area (TPSA) is 86.1 Å². The maximum atomic E-state index is 11.8. The molecule has 10 heteroatoms. The third-order valence-corrected chi connectivity index (χ3v) is 6.96. The van der Waals surface area contributed by atoms with Crippen LogP contribution in [0.3, 0.4) is 0 Å². The number of nitrogens with zero attached hydrogens (tertiary/aromatic N) is 2. The normalized spacial score (nSPS) is 16.7. The van der Waals surface area contributed by atoms with Gasteiger partial charge in [0.15, 0.2) is 5.11 Å². The summed E-state index contributed by atoms with van der Waals surface area (Å²) in [7, 11) is 2.97. The maximum absolute atomic E-state index is 11.8. The Kier molecular flexibility index (Phi) is 8.11. The Balaban J connectivity index is 1.50. The molecule has 1 aliphatic heterocycles. The first-order valence-corrected chi connectivity index (χ1v) is 13.0. The molecule has 1 N–H and O–H groups in total. The second kappa shape index (κ2) is 11.9. The van der Waals surface area contributed by atoms with Crippen LogP contribution in [0.15, 0.2) is 83.4 Å². The molecule has 2 aromatic carbocycles. The molecule has 1 saturated heterocycles. The molecule has 0 radical (unpaired) electrons. The first-order valence-electron chi connectivity index (χ1n) is 12.2. The fourth-order valence-electron chi connectivity index (χ4n) is 4.47. The van der Waals surface area contributed by atoms with Crippen molar-refractivity contribution in [3.05, 3.63) is 101 Å². The maximum Gasteiger partial charge on any atom is 0.337 e. The number of benzene rings is 2. The Morgan fingerprint density at radius 2 is 1.90 bits per heavy atom. The second-order valence-corrected chi connectivity index (χ2v) is 9.52. The van der Waals surface area contributed by atoms with E-state index in [1.54, 1.807) is 25.4 Å². The standard InChI is InChI=1S/C29H26ClN3O5S/c1-35-15-16-37-24-11-10-20(17-21(24)30)33-27(26(32-29(33)39)22-5-3-4-14-31-22)25-13-12-23(38-25)18-6-8-19(9-7-18)28(34)36-2/h3-14,17,26-27H,15-16H2,1-2H3,(H,32,39)/t26-,27-/m1/s1. The number of hydrogen-bond donors (Lipinski definition) is 1. The van der Waals surface area contributed by atoms with Crippen molar-refractivity contribution in [3.8, 4) is 17.1 Å². The fourth-order valence-corrected chi connectivity index (χ4v) is 5.04. The van der Waals surface area contributed by atoms with E-state index >= 15 is 0 Å². The molecule has 1 fully saturated rings. The molecule has 0 unspecified atom stereocenters. The fraction of sp³-hybridized carbons (Fsp3) is 0.207. The number of halogens is 1. The lowest BCUT2D eigenvalue weighted by Gasteiger charge is -2.26. The van der Waals surface area contributed by atoms with Crippen LogP contribution < -0.4 is 15.0 Å². The van der Waals surface area contributed by atoms with Gasteiger partial charge in [0.1, 0.15) is 29.9 Å². The van der Waals surface area contributed by atoms with Crippen LogP contribution in [-0.4, -0.2) is 43.5 Å². The highest BCUT2D eigenvalue weighted by atomic mass is 35.5. The number of carbonyl (C=O) groups excluding carboxylic acids is 1. The van der Waals surface area contributed by atoms with Gasteiger partial charge in [-0.1, -0.05) is 29.8 Å². The van der Waals surface area contributed by atoms with Gasteiger partial charge in [-0.2, -0.15) is 0 Å². The van der Waals surface area contributed by atoms with E-state index in [9.17, 15) is 4.79 Å². The van der Waals surface area contributed by atoms with Crippen LogP contribution in [-0.2, 0) is 9.47 Å². The molecule has 200 valence electrons. The molecule has 0 bridgehead atoms. The molecule has 0 amide bonds. The quantitative estimate of drug-likeness (QED) is 0.150. The first kappa shape index (κ1) is 26.7. The lowest BCUT2D eigenvalue weighted by Crippen LogP contribution is -2.29. The van der Waals surface area contributed by atoms with Crippen LogP contribution in [0.5, 0.6) is 5.75 Å². The number of esters is 1. The summed E-state index contributed by atoms with van der Waals surface area (Å²) in [6.07, 6.45) is 1.75. The van der Waals surface area contributed by atoms with Gasteiger partial charge in [-0.25, -0.2) is 4.79 Å². The van der Waals surface area contributed by atoms with Crippen LogP contribution in [0.4, 0.5) is 5.69 Å². The van der Waals surface area contributed by atoms with Crippen LogP contribution in [0.1, 0.15) is 33.9 Å². The van der Waals surface area contributed by atoms with Crippen LogP contribution in [0.25, 0.3) is 11.3 Å². The number of thiocarbonyl (C=S) groups is 1. The minimum atomic E-state index is -0.394. The smallest absolute Gasteiger partial charge is 0.337 e. The Morgan fingerprint density at radius 1 is 1.08 bits per heavy atom. The molecule has 8 nitrogen and oxygen atoms in total. The molecule has 1 aliphatic rings. The second-order valence-electron chi connectivity index (χ2n) is 8.72. The van der Waals surface area contributed by atoms with E-state index in [0.717, 1.165) is 16.9 Å². The Hall–Kier alpha value is -3.92. The Morgan fingerprint density at radius 3 is 2.59 bits per heavy atom. The van der Waals surface area contributed by atoms with Crippen molar-refractivity contribution >= 4 is 40.6 Å². The summed E-state index contributed by atoms with van der Waals surface area (Å²) in [6, 6.07) is 21.5. The lowest BCUT2D eigenvalue weighted by atomic mass is 10.0. The Labute approximate surface area is 236 Å². The summed E-state index contributed by atoms with van der Waals surface area (Å²) in [4.78, 5) is 18.4.